The molecule has 0 fully saturated rings. The zero-order valence-electron chi connectivity index (χ0n) is 41.1. The van der Waals surface area contributed by atoms with E-state index < -0.39 is 5.41 Å². The second-order valence-corrected chi connectivity index (χ2v) is 19.9. The summed E-state index contributed by atoms with van der Waals surface area (Å²) in [6, 6.07) is 108. The van der Waals surface area contributed by atoms with Crippen molar-refractivity contribution >= 4 is 38.9 Å². The summed E-state index contributed by atoms with van der Waals surface area (Å²) in [7, 11) is 0. The van der Waals surface area contributed by atoms with Gasteiger partial charge in [-0.05, 0) is 109 Å². The van der Waals surface area contributed by atoms with Gasteiger partial charge >= 0.3 is 0 Å². The summed E-state index contributed by atoms with van der Waals surface area (Å²) in [4.78, 5) is 2.53. The Bertz CT molecular complexity index is 4360. The Kier molecular flexibility index (Phi) is 9.83. The normalized spacial score (nSPS) is 13.9. The molecular weight excluding hydrogens is 905 g/mol. The number of aromatic nitrogens is 1. The van der Waals surface area contributed by atoms with Gasteiger partial charge in [0.1, 0.15) is 0 Å². The van der Waals surface area contributed by atoms with Crippen LogP contribution >= 0.6 is 0 Å². The average molecular weight is 953 g/mol. The zero-order chi connectivity index (χ0) is 49.5. The predicted octanol–water partition coefficient (Wildman–Crippen LogP) is 19.3. The minimum atomic E-state index is -0.580. The van der Waals surface area contributed by atoms with Gasteiger partial charge in [0.05, 0.1) is 39.2 Å². The minimum absolute atomic E-state index is 0.580. The highest BCUT2D eigenvalue weighted by molar-refractivity contribution is 6.13. The van der Waals surface area contributed by atoms with E-state index in [1.807, 2.05) is 0 Å². The maximum atomic E-state index is 2.53. The molecule has 13 aromatic rings. The van der Waals surface area contributed by atoms with E-state index in [9.17, 15) is 0 Å². The number of fused-ring (bicyclic) bond motifs is 12. The van der Waals surface area contributed by atoms with Crippen LogP contribution in [0.5, 0.6) is 0 Å². The predicted molar refractivity (Wildman–Crippen MR) is 314 cm³/mol. The third-order valence-corrected chi connectivity index (χ3v) is 16.0. The van der Waals surface area contributed by atoms with Gasteiger partial charge < -0.3 is 9.47 Å². The van der Waals surface area contributed by atoms with E-state index in [1.54, 1.807) is 0 Å². The average Bonchev–Trinajstić information content (AvgIpc) is 4.03. The molecule has 0 amide bonds. The third-order valence-electron chi connectivity index (χ3n) is 16.0. The van der Waals surface area contributed by atoms with Gasteiger partial charge in [-0.15, -0.1) is 0 Å². The number of anilines is 3. The van der Waals surface area contributed by atoms with Crippen LogP contribution in [0.15, 0.2) is 291 Å². The quantitative estimate of drug-likeness (QED) is 0.147. The first-order valence-corrected chi connectivity index (χ1v) is 26.0. The topological polar surface area (TPSA) is 8.17 Å². The van der Waals surface area contributed by atoms with Crippen molar-refractivity contribution in [3.8, 4) is 72.4 Å². The number of hydrogen-bond acceptors (Lipinski definition) is 1. The van der Waals surface area contributed by atoms with Crippen LogP contribution in [0.4, 0.5) is 17.1 Å². The van der Waals surface area contributed by atoms with Crippen LogP contribution in [0.3, 0.4) is 0 Å². The molecule has 75 heavy (non-hydrogen) atoms. The van der Waals surface area contributed by atoms with Gasteiger partial charge in [-0.2, -0.15) is 0 Å². The molecule has 1 atom stereocenters. The van der Waals surface area contributed by atoms with Crippen molar-refractivity contribution in [2.45, 2.75) is 5.41 Å². The SMILES string of the molecule is c1ccc(-c2ccc(-c3ccccc3N(c3ccccc3-c3ccc4c(c3)C3(c5ccccc5-4)c4ccccc4-n4c5ccccc5c5cccc3c54)c3ccccc3-c3ccccc3-c3ccccc3)cc2)cc1. The lowest BCUT2D eigenvalue weighted by Crippen LogP contribution is -2.33. The summed E-state index contributed by atoms with van der Waals surface area (Å²) in [5, 5.41) is 2.55. The van der Waals surface area contributed by atoms with Gasteiger partial charge in [-0.3, -0.25) is 0 Å². The molecule has 0 N–H and O–H groups in total. The van der Waals surface area contributed by atoms with Gasteiger partial charge in [-0.1, -0.05) is 255 Å². The van der Waals surface area contributed by atoms with Gasteiger partial charge in [0.2, 0.25) is 0 Å². The summed E-state index contributed by atoms with van der Waals surface area (Å²) in [5.41, 5.74) is 25.9. The first-order chi connectivity index (χ1) is 37.3. The molecule has 350 valence electrons. The third kappa shape index (κ3) is 6.46. The van der Waals surface area contributed by atoms with Crippen LogP contribution < -0.4 is 4.90 Å². The van der Waals surface area contributed by atoms with Gasteiger partial charge in [0.15, 0.2) is 0 Å². The molecule has 0 saturated carbocycles. The molecule has 1 aliphatic heterocycles. The number of benzene rings is 12. The van der Waals surface area contributed by atoms with Crippen molar-refractivity contribution in [1.82, 2.24) is 4.57 Å². The van der Waals surface area contributed by atoms with Gasteiger partial charge in [-0.25, -0.2) is 0 Å². The van der Waals surface area contributed by atoms with E-state index in [0.29, 0.717) is 0 Å². The van der Waals surface area contributed by atoms with Gasteiger partial charge in [0.25, 0.3) is 0 Å². The molecule has 0 bridgehead atoms. The minimum Gasteiger partial charge on any atom is -0.309 e. The molecule has 15 rings (SSSR count). The summed E-state index contributed by atoms with van der Waals surface area (Å²) >= 11 is 0. The standard InChI is InChI=1S/C73H48N2/c1-3-22-49(23-4-1)50-42-44-52(45-43-50)55-27-10-16-37-67(55)74(69-39-18-12-31-60(69)57-29-8-7-26-54(57)51-24-5-2-6-25-51)68-38-17-11-28-56(68)53-46-47-59-58-30-9-14-34-63(58)73(66(59)48-53)64-35-15-20-41-71(64)75-70-40-19-13-32-61(70)62-33-21-36-65(73)72(62)75/h1-48H. The number of rotatable bonds is 8. The molecule has 2 aliphatic rings. The van der Waals surface area contributed by atoms with Crippen LogP contribution in [-0.2, 0) is 5.41 Å². The maximum Gasteiger partial charge on any atom is 0.0754 e. The lowest BCUT2D eigenvalue weighted by Gasteiger charge is -2.39. The van der Waals surface area contributed by atoms with Crippen LogP contribution in [0.2, 0.25) is 0 Å². The maximum absolute atomic E-state index is 2.53. The Morgan fingerprint density at radius 1 is 0.253 bits per heavy atom. The Morgan fingerprint density at radius 2 is 0.707 bits per heavy atom. The smallest absolute Gasteiger partial charge is 0.0754 e. The van der Waals surface area contributed by atoms with Crippen LogP contribution in [0.25, 0.3) is 94.3 Å². The molecule has 2 nitrogen and oxygen atoms in total. The Morgan fingerprint density at radius 3 is 1.44 bits per heavy atom. The zero-order valence-corrected chi connectivity index (χ0v) is 41.1. The molecule has 1 spiro atoms. The first-order valence-electron chi connectivity index (χ1n) is 26.0. The van der Waals surface area contributed by atoms with Crippen molar-refractivity contribution < 1.29 is 0 Å². The van der Waals surface area contributed by atoms with E-state index in [4.69, 9.17) is 0 Å². The molecule has 2 heterocycles. The fourth-order valence-corrected chi connectivity index (χ4v) is 12.9. The number of nitrogens with zero attached hydrogens (tertiary/aromatic N) is 2. The Balaban J connectivity index is 0.982. The van der Waals surface area contributed by atoms with E-state index in [1.165, 1.54) is 88.7 Å². The number of hydrogen-bond donors (Lipinski definition) is 0. The molecule has 1 aromatic heterocycles. The lowest BCUT2D eigenvalue weighted by atomic mass is 9.65. The monoisotopic (exact) mass is 952 g/mol. The number of para-hydroxylation sites is 6. The fraction of sp³-hybridized carbons (Fsp3) is 0.0137. The molecule has 2 heteroatoms. The van der Waals surface area contributed by atoms with Crippen molar-refractivity contribution in [1.29, 1.82) is 0 Å². The summed E-state index contributed by atoms with van der Waals surface area (Å²) in [6.45, 7) is 0. The Labute approximate surface area is 437 Å². The van der Waals surface area contributed by atoms with E-state index >= 15 is 0 Å². The molecule has 0 radical (unpaired) electrons. The van der Waals surface area contributed by atoms with E-state index in [2.05, 4.69) is 301 Å². The van der Waals surface area contributed by atoms with E-state index in [0.717, 1.165) is 44.9 Å². The van der Waals surface area contributed by atoms with Gasteiger partial charge in [0, 0.05) is 27.5 Å². The van der Waals surface area contributed by atoms with Crippen LogP contribution in [-0.4, -0.2) is 4.57 Å². The van der Waals surface area contributed by atoms with Crippen LogP contribution in [0.1, 0.15) is 22.3 Å². The highest BCUT2D eigenvalue weighted by Crippen LogP contribution is 2.62. The second-order valence-electron chi connectivity index (χ2n) is 19.9. The lowest BCUT2D eigenvalue weighted by molar-refractivity contribution is 0.749. The molecular formula is C73H48N2. The van der Waals surface area contributed by atoms with Crippen LogP contribution in [0, 0.1) is 0 Å². The van der Waals surface area contributed by atoms with Crippen molar-refractivity contribution in [2.24, 2.45) is 0 Å². The van der Waals surface area contributed by atoms with E-state index in [-0.39, 0.29) is 0 Å². The van der Waals surface area contributed by atoms with Crippen molar-refractivity contribution in [3.63, 3.8) is 0 Å². The highest BCUT2D eigenvalue weighted by Gasteiger charge is 2.51. The highest BCUT2D eigenvalue weighted by atomic mass is 15.2. The molecule has 0 saturated heterocycles. The fourth-order valence-electron chi connectivity index (χ4n) is 12.9. The second kappa shape index (κ2) is 17.2. The summed E-state index contributed by atoms with van der Waals surface area (Å²) in [5.74, 6) is 0. The van der Waals surface area contributed by atoms with Crippen molar-refractivity contribution in [2.75, 3.05) is 4.90 Å². The molecule has 1 aliphatic carbocycles. The Hall–Kier alpha value is -9.76. The summed E-state index contributed by atoms with van der Waals surface area (Å²) < 4.78 is 2.53. The summed E-state index contributed by atoms with van der Waals surface area (Å²) in [6.07, 6.45) is 0. The largest absolute Gasteiger partial charge is 0.309 e. The van der Waals surface area contributed by atoms with Crippen molar-refractivity contribution in [3.05, 3.63) is 313 Å². The first kappa shape index (κ1) is 42.9. The molecule has 12 aromatic carbocycles. The molecule has 1 unspecified atom stereocenters.